The number of likely N-dealkylation sites (N-methyl/N-ethyl adjacent to an activating group) is 1. The SMILES string of the molecule is CCNC/C(=C/c1cc(F)ccc1C)C1CCCCC1. The van der Waals surface area contributed by atoms with E-state index < -0.39 is 0 Å². The van der Waals surface area contributed by atoms with Crippen LogP contribution in [0.4, 0.5) is 4.39 Å². The van der Waals surface area contributed by atoms with Gasteiger partial charge in [0.25, 0.3) is 0 Å². The number of aryl methyl sites for hydroxylation is 1. The highest BCUT2D eigenvalue weighted by molar-refractivity contribution is 5.57. The molecule has 110 valence electrons. The Morgan fingerprint density at radius 3 is 2.75 bits per heavy atom. The van der Waals surface area contributed by atoms with Crippen molar-refractivity contribution >= 4 is 6.08 Å². The number of nitrogens with one attached hydrogen (secondary N) is 1. The van der Waals surface area contributed by atoms with Gasteiger partial charge in [-0.2, -0.15) is 0 Å². The fourth-order valence-corrected chi connectivity index (χ4v) is 3.02. The largest absolute Gasteiger partial charge is 0.313 e. The zero-order chi connectivity index (χ0) is 14.4. The van der Waals surface area contributed by atoms with Crippen molar-refractivity contribution in [3.8, 4) is 0 Å². The lowest BCUT2D eigenvalue weighted by Gasteiger charge is -2.25. The van der Waals surface area contributed by atoms with E-state index in [1.54, 1.807) is 6.07 Å². The molecule has 0 saturated heterocycles. The molecule has 0 radical (unpaired) electrons. The van der Waals surface area contributed by atoms with Crippen molar-refractivity contribution in [1.29, 1.82) is 0 Å². The van der Waals surface area contributed by atoms with E-state index in [-0.39, 0.29) is 5.82 Å². The van der Waals surface area contributed by atoms with Crippen LogP contribution in [-0.4, -0.2) is 13.1 Å². The number of benzene rings is 1. The second kappa shape index (κ2) is 7.58. The lowest BCUT2D eigenvalue weighted by atomic mass is 9.82. The Morgan fingerprint density at radius 1 is 1.30 bits per heavy atom. The van der Waals surface area contributed by atoms with Crippen molar-refractivity contribution in [1.82, 2.24) is 5.32 Å². The summed E-state index contributed by atoms with van der Waals surface area (Å²) in [5.74, 6) is 0.527. The van der Waals surface area contributed by atoms with Gasteiger partial charge in [0.15, 0.2) is 0 Å². The summed E-state index contributed by atoms with van der Waals surface area (Å²) in [6, 6.07) is 5.06. The van der Waals surface area contributed by atoms with Gasteiger partial charge in [-0.25, -0.2) is 4.39 Å². The van der Waals surface area contributed by atoms with Crippen LogP contribution in [0.25, 0.3) is 6.08 Å². The van der Waals surface area contributed by atoms with Gasteiger partial charge in [0.05, 0.1) is 0 Å². The molecule has 0 bridgehead atoms. The molecule has 0 heterocycles. The van der Waals surface area contributed by atoms with Crippen LogP contribution < -0.4 is 5.32 Å². The lowest BCUT2D eigenvalue weighted by molar-refractivity contribution is 0.397. The number of hydrogen-bond donors (Lipinski definition) is 1. The van der Waals surface area contributed by atoms with Gasteiger partial charge in [0, 0.05) is 6.54 Å². The molecule has 0 aromatic heterocycles. The van der Waals surface area contributed by atoms with Crippen LogP contribution in [0, 0.1) is 18.7 Å². The quantitative estimate of drug-likeness (QED) is 0.820. The van der Waals surface area contributed by atoms with E-state index in [0.717, 1.165) is 24.2 Å². The Morgan fingerprint density at radius 2 is 2.05 bits per heavy atom. The molecular weight excluding hydrogens is 249 g/mol. The van der Waals surface area contributed by atoms with Gasteiger partial charge >= 0.3 is 0 Å². The maximum absolute atomic E-state index is 13.4. The predicted molar refractivity (Wildman–Crippen MR) is 84.2 cm³/mol. The van der Waals surface area contributed by atoms with Gasteiger partial charge in [-0.05, 0) is 55.5 Å². The normalized spacial score (nSPS) is 17.4. The van der Waals surface area contributed by atoms with Crippen LogP contribution in [-0.2, 0) is 0 Å². The van der Waals surface area contributed by atoms with E-state index in [0.29, 0.717) is 5.92 Å². The first kappa shape index (κ1) is 15.2. The Labute approximate surface area is 122 Å². The Kier molecular flexibility index (Phi) is 5.78. The molecule has 1 aromatic rings. The molecule has 1 nitrogen and oxygen atoms in total. The van der Waals surface area contributed by atoms with E-state index in [1.807, 2.05) is 6.07 Å². The first-order chi connectivity index (χ1) is 9.70. The highest BCUT2D eigenvalue weighted by Crippen LogP contribution is 2.31. The van der Waals surface area contributed by atoms with E-state index >= 15 is 0 Å². The average molecular weight is 275 g/mol. The standard InChI is InChI=1S/C18H26FN/c1-3-20-13-17(15-7-5-4-6-8-15)11-16-12-18(19)10-9-14(16)2/h9-12,15,20H,3-8,13H2,1-2H3/b17-11-. The number of hydrogen-bond acceptors (Lipinski definition) is 1. The van der Waals surface area contributed by atoms with E-state index in [9.17, 15) is 4.39 Å². The fraction of sp³-hybridized carbons (Fsp3) is 0.556. The van der Waals surface area contributed by atoms with Crippen molar-refractivity contribution in [3.63, 3.8) is 0 Å². The molecule has 1 aliphatic carbocycles. The second-order valence-electron chi connectivity index (χ2n) is 5.84. The molecular formula is C18H26FN. The molecule has 1 N–H and O–H groups in total. The summed E-state index contributed by atoms with van der Waals surface area (Å²) in [6.45, 7) is 6.09. The summed E-state index contributed by atoms with van der Waals surface area (Å²) >= 11 is 0. The van der Waals surface area contributed by atoms with Crippen LogP contribution in [0.2, 0.25) is 0 Å². The third-order valence-corrected chi connectivity index (χ3v) is 4.29. The second-order valence-corrected chi connectivity index (χ2v) is 5.84. The third kappa shape index (κ3) is 4.17. The smallest absolute Gasteiger partial charge is 0.123 e. The van der Waals surface area contributed by atoms with Gasteiger partial charge in [-0.3, -0.25) is 0 Å². The summed E-state index contributed by atoms with van der Waals surface area (Å²) in [5, 5.41) is 3.44. The average Bonchev–Trinajstić information content (AvgIpc) is 2.48. The van der Waals surface area contributed by atoms with E-state index in [4.69, 9.17) is 0 Å². The molecule has 0 unspecified atom stereocenters. The van der Waals surface area contributed by atoms with Gasteiger partial charge in [0.1, 0.15) is 5.82 Å². The topological polar surface area (TPSA) is 12.0 Å². The number of halogens is 1. The Balaban J connectivity index is 2.23. The molecule has 1 fully saturated rings. The van der Waals surface area contributed by atoms with Crippen LogP contribution in [0.15, 0.2) is 23.8 Å². The Bertz CT molecular complexity index is 458. The third-order valence-electron chi connectivity index (χ3n) is 4.29. The minimum Gasteiger partial charge on any atom is -0.313 e. The monoisotopic (exact) mass is 275 g/mol. The van der Waals surface area contributed by atoms with Gasteiger partial charge in [-0.1, -0.05) is 43.9 Å². The maximum atomic E-state index is 13.4. The molecule has 0 amide bonds. The maximum Gasteiger partial charge on any atom is 0.123 e. The van der Waals surface area contributed by atoms with E-state index in [2.05, 4.69) is 25.2 Å². The van der Waals surface area contributed by atoms with Gasteiger partial charge in [0.2, 0.25) is 0 Å². The number of rotatable bonds is 5. The minimum absolute atomic E-state index is 0.145. The molecule has 0 spiro atoms. The molecule has 20 heavy (non-hydrogen) atoms. The molecule has 0 aliphatic heterocycles. The highest BCUT2D eigenvalue weighted by atomic mass is 19.1. The van der Waals surface area contributed by atoms with Gasteiger partial charge in [-0.15, -0.1) is 0 Å². The molecule has 2 rings (SSSR count). The van der Waals surface area contributed by atoms with Crippen LogP contribution >= 0.6 is 0 Å². The van der Waals surface area contributed by atoms with Crippen molar-refractivity contribution < 1.29 is 4.39 Å². The highest BCUT2D eigenvalue weighted by Gasteiger charge is 2.17. The molecule has 0 atom stereocenters. The first-order valence-electron chi connectivity index (χ1n) is 7.88. The van der Waals surface area contributed by atoms with Crippen molar-refractivity contribution in [3.05, 3.63) is 40.7 Å². The molecule has 1 aliphatic rings. The van der Waals surface area contributed by atoms with E-state index in [1.165, 1.54) is 43.7 Å². The molecule has 2 heteroatoms. The summed E-state index contributed by atoms with van der Waals surface area (Å²) in [5.41, 5.74) is 3.62. The van der Waals surface area contributed by atoms with Crippen LogP contribution in [0.3, 0.4) is 0 Å². The van der Waals surface area contributed by atoms with Crippen molar-refractivity contribution in [2.45, 2.75) is 46.0 Å². The summed E-state index contributed by atoms with van der Waals surface area (Å²) in [4.78, 5) is 0. The molecule has 1 saturated carbocycles. The van der Waals surface area contributed by atoms with Crippen LogP contribution in [0.5, 0.6) is 0 Å². The summed E-state index contributed by atoms with van der Waals surface area (Å²) in [6.07, 6.45) is 8.81. The zero-order valence-electron chi connectivity index (χ0n) is 12.7. The predicted octanol–water partition coefficient (Wildman–Crippen LogP) is 4.71. The van der Waals surface area contributed by atoms with Crippen LogP contribution in [0.1, 0.15) is 50.2 Å². The molecule has 1 aromatic carbocycles. The fourth-order valence-electron chi connectivity index (χ4n) is 3.02. The summed E-state index contributed by atoms with van der Waals surface area (Å²) in [7, 11) is 0. The zero-order valence-corrected chi connectivity index (χ0v) is 12.7. The first-order valence-corrected chi connectivity index (χ1v) is 7.88. The van der Waals surface area contributed by atoms with Gasteiger partial charge < -0.3 is 5.32 Å². The summed E-state index contributed by atoms with van der Waals surface area (Å²) < 4.78 is 13.4. The van der Waals surface area contributed by atoms with Crippen molar-refractivity contribution in [2.24, 2.45) is 5.92 Å². The van der Waals surface area contributed by atoms with Crippen molar-refractivity contribution in [2.75, 3.05) is 13.1 Å². The minimum atomic E-state index is -0.145. The lowest BCUT2D eigenvalue weighted by Crippen LogP contribution is -2.22. The Hall–Kier alpha value is -1.15.